The van der Waals surface area contributed by atoms with E-state index in [-0.39, 0.29) is 5.91 Å². The van der Waals surface area contributed by atoms with E-state index in [9.17, 15) is 4.79 Å². The summed E-state index contributed by atoms with van der Waals surface area (Å²) in [6.07, 6.45) is 0.352. The van der Waals surface area contributed by atoms with Crippen LogP contribution < -0.4 is 10.1 Å². The van der Waals surface area contributed by atoms with E-state index in [0.717, 1.165) is 10.0 Å². The van der Waals surface area contributed by atoms with Crippen molar-refractivity contribution in [3.8, 4) is 5.75 Å². The first-order valence-electron chi connectivity index (χ1n) is 6.69. The second kappa shape index (κ2) is 6.76. The van der Waals surface area contributed by atoms with E-state index in [1.165, 1.54) is 11.1 Å². The third-order valence-electron chi connectivity index (χ3n) is 3.38. The second-order valence-corrected chi connectivity index (χ2v) is 5.84. The number of carbonyl (C=O) groups is 1. The van der Waals surface area contributed by atoms with Crippen molar-refractivity contribution < 1.29 is 9.53 Å². The highest BCUT2D eigenvalue weighted by Gasteiger charge is 2.08. The van der Waals surface area contributed by atoms with Gasteiger partial charge in [0.2, 0.25) is 5.91 Å². The van der Waals surface area contributed by atoms with Crippen LogP contribution in [-0.4, -0.2) is 13.0 Å². The number of ether oxygens (including phenoxy) is 1. The highest BCUT2D eigenvalue weighted by atomic mass is 79.9. The zero-order chi connectivity index (χ0) is 15.4. The first kappa shape index (κ1) is 15.6. The number of hydrogen-bond donors (Lipinski definition) is 1. The first-order valence-corrected chi connectivity index (χ1v) is 7.48. The van der Waals surface area contributed by atoms with Crippen molar-refractivity contribution in [2.45, 2.75) is 20.3 Å². The first-order chi connectivity index (χ1) is 9.99. The fraction of sp³-hybridized carbons (Fsp3) is 0.235. The van der Waals surface area contributed by atoms with E-state index in [0.29, 0.717) is 17.9 Å². The lowest BCUT2D eigenvalue weighted by Crippen LogP contribution is -2.15. The fourth-order valence-corrected chi connectivity index (χ4v) is 2.37. The third kappa shape index (κ3) is 4.08. The molecule has 3 nitrogen and oxygen atoms in total. The van der Waals surface area contributed by atoms with Crippen molar-refractivity contribution in [3.05, 3.63) is 57.6 Å². The number of anilines is 1. The van der Waals surface area contributed by atoms with E-state index >= 15 is 0 Å². The molecule has 0 fully saturated rings. The molecule has 21 heavy (non-hydrogen) atoms. The van der Waals surface area contributed by atoms with E-state index < -0.39 is 0 Å². The van der Waals surface area contributed by atoms with Gasteiger partial charge in [-0.3, -0.25) is 4.79 Å². The maximum Gasteiger partial charge on any atom is 0.228 e. The Kier molecular flexibility index (Phi) is 5.02. The molecule has 0 unspecified atom stereocenters. The predicted molar refractivity (Wildman–Crippen MR) is 88.9 cm³/mol. The van der Waals surface area contributed by atoms with Gasteiger partial charge in [0.1, 0.15) is 5.75 Å². The van der Waals surface area contributed by atoms with Gasteiger partial charge >= 0.3 is 0 Å². The van der Waals surface area contributed by atoms with Gasteiger partial charge in [-0.2, -0.15) is 0 Å². The summed E-state index contributed by atoms with van der Waals surface area (Å²) >= 11 is 3.42. The van der Waals surface area contributed by atoms with Gasteiger partial charge in [-0.05, 0) is 58.6 Å². The quantitative estimate of drug-likeness (QED) is 0.897. The largest absolute Gasteiger partial charge is 0.497 e. The molecular weight excluding hydrogens is 330 g/mol. The van der Waals surface area contributed by atoms with Crippen molar-refractivity contribution >= 4 is 27.5 Å². The van der Waals surface area contributed by atoms with Crippen LogP contribution in [0.1, 0.15) is 16.7 Å². The van der Waals surface area contributed by atoms with Crippen LogP contribution in [0.3, 0.4) is 0 Å². The van der Waals surface area contributed by atoms with Gasteiger partial charge < -0.3 is 10.1 Å². The highest BCUT2D eigenvalue weighted by molar-refractivity contribution is 9.10. The monoisotopic (exact) mass is 347 g/mol. The van der Waals surface area contributed by atoms with Crippen molar-refractivity contribution in [2.75, 3.05) is 12.4 Å². The van der Waals surface area contributed by atoms with E-state index in [4.69, 9.17) is 4.74 Å². The smallest absolute Gasteiger partial charge is 0.228 e. The Balaban J connectivity index is 2.09. The number of rotatable bonds is 4. The van der Waals surface area contributed by atoms with Crippen LogP contribution in [0, 0.1) is 13.8 Å². The minimum absolute atomic E-state index is 0.0489. The number of halogens is 1. The molecule has 0 bridgehead atoms. The summed E-state index contributed by atoms with van der Waals surface area (Å²) in [5.74, 6) is 0.659. The molecule has 2 aromatic rings. The van der Waals surface area contributed by atoms with Gasteiger partial charge in [0.25, 0.3) is 0 Å². The average molecular weight is 348 g/mol. The minimum Gasteiger partial charge on any atom is -0.497 e. The van der Waals surface area contributed by atoms with Crippen LogP contribution in [0.25, 0.3) is 0 Å². The molecule has 2 aromatic carbocycles. The molecule has 1 amide bonds. The molecule has 110 valence electrons. The number of benzene rings is 2. The van der Waals surface area contributed by atoms with Gasteiger partial charge in [0, 0.05) is 10.5 Å². The molecule has 1 N–H and O–H groups in total. The molecule has 4 heteroatoms. The fourth-order valence-electron chi connectivity index (χ4n) is 2.02. The zero-order valence-corrected chi connectivity index (χ0v) is 14.0. The zero-order valence-electron chi connectivity index (χ0n) is 12.4. The standard InChI is InChI=1S/C17H18BrNO2/c1-11-4-5-13(8-12(11)2)9-17(20)19-16-10-14(21-3)6-7-15(16)18/h4-8,10H,9H2,1-3H3,(H,19,20). The lowest BCUT2D eigenvalue weighted by atomic mass is 10.0. The summed E-state index contributed by atoms with van der Waals surface area (Å²) in [5.41, 5.74) is 4.15. The van der Waals surface area contributed by atoms with Crippen molar-refractivity contribution in [3.63, 3.8) is 0 Å². The Hall–Kier alpha value is -1.81. The van der Waals surface area contributed by atoms with Crippen molar-refractivity contribution in [1.82, 2.24) is 0 Å². The number of amides is 1. The van der Waals surface area contributed by atoms with E-state index in [1.807, 2.05) is 24.3 Å². The summed E-state index contributed by atoms with van der Waals surface area (Å²) in [6.45, 7) is 4.11. The molecule has 0 aromatic heterocycles. The summed E-state index contributed by atoms with van der Waals surface area (Å²) in [5, 5.41) is 2.90. The van der Waals surface area contributed by atoms with E-state index in [1.54, 1.807) is 13.2 Å². The Labute approximate surface area is 133 Å². The Bertz CT molecular complexity index is 668. The van der Waals surface area contributed by atoms with Crippen LogP contribution in [-0.2, 0) is 11.2 Å². The molecule has 0 saturated carbocycles. The van der Waals surface area contributed by atoms with Crippen LogP contribution in [0.4, 0.5) is 5.69 Å². The number of carbonyl (C=O) groups excluding carboxylic acids is 1. The summed E-state index contributed by atoms with van der Waals surface area (Å²) in [4.78, 5) is 12.2. The molecule has 0 radical (unpaired) electrons. The van der Waals surface area contributed by atoms with Crippen LogP contribution >= 0.6 is 15.9 Å². The molecule has 0 atom stereocenters. The van der Waals surface area contributed by atoms with Crippen molar-refractivity contribution in [2.24, 2.45) is 0 Å². The summed E-state index contributed by atoms with van der Waals surface area (Å²) in [7, 11) is 1.60. The topological polar surface area (TPSA) is 38.3 Å². The van der Waals surface area contributed by atoms with Crippen LogP contribution in [0.5, 0.6) is 5.75 Å². The molecular formula is C17H18BrNO2. The van der Waals surface area contributed by atoms with Gasteiger partial charge in [-0.15, -0.1) is 0 Å². The Morgan fingerprint density at radius 2 is 1.90 bits per heavy atom. The van der Waals surface area contributed by atoms with Gasteiger partial charge in [0.05, 0.1) is 19.2 Å². The molecule has 0 spiro atoms. The summed E-state index contributed by atoms with van der Waals surface area (Å²) in [6, 6.07) is 11.6. The molecule has 0 aliphatic carbocycles. The summed E-state index contributed by atoms with van der Waals surface area (Å²) < 4.78 is 6.00. The number of aryl methyl sites for hydroxylation is 2. The van der Waals surface area contributed by atoms with Crippen molar-refractivity contribution in [1.29, 1.82) is 0 Å². The van der Waals surface area contributed by atoms with Gasteiger partial charge in [-0.25, -0.2) is 0 Å². The SMILES string of the molecule is COc1ccc(Br)c(NC(=O)Cc2ccc(C)c(C)c2)c1. The molecule has 0 aliphatic rings. The maximum atomic E-state index is 12.2. The van der Waals surface area contributed by atoms with Gasteiger partial charge in [0.15, 0.2) is 0 Å². The lowest BCUT2D eigenvalue weighted by Gasteiger charge is -2.10. The number of nitrogens with one attached hydrogen (secondary N) is 1. The minimum atomic E-state index is -0.0489. The third-order valence-corrected chi connectivity index (χ3v) is 4.08. The highest BCUT2D eigenvalue weighted by Crippen LogP contribution is 2.27. The average Bonchev–Trinajstić information content (AvgIpc) is 2.45. The van der Waals surface area contributed by atoms with Crippen LogP contribution in [0.15, 0.2) is 40.9 Å². The molecule has 2 rings (SSSR count). The predicted octanol–water partition coefficient (Wildman–Crippen LogP) is 4.26. The number of hydrogen-bond acceptors (Lipinski definition) is 2. The Morgan fingerprint density at radius 1 is 1.14 bits per heavy atom. The number of methoxy groups -OCH3 is 1. The Morgan fingerprint density at radius 3 is 2.57 bits per heavy atom. The maximum absolute atomic E-state index is 12.2. The molecule has 0 heterocycles. The van der Waals surface area contributed by atoms with E-state index in [2.05, 4.69) is 41.2 Å². The van der Waals surface area contributed by atoms with Gasteiger partial charge in [-0.1, -0.05) is 18.2 Å². The van der Waals surface area contributed by atoms with Crippen LogP contribution in [0.2, 0.25) is 0 Å². The normalized spacial score (nSPS) is 10.3. The molecule has 0 aliphatic heterocycles. The second-order valence-electron chi connectivity index (χ2n) is 4.99. The molecule has 0 saturated heterocycles. The lowest BCUT2D eigenvalue weighted by molar-refractivity contribution is -0.115.